The van der Waals surface area contributed by atoms with Crippen LogP contribution in [-0.4, -0.2) is 17.4 Å². The summed E-state index contributed by atoms with van der Waals surface area (Å²) in [6.45, 7) is 2.60. The number of amides is 1. The van der Waals surface area contributed by atoms with E-state index < -0.39 is 0 Å². The van der Waals surface area contributed by atoms with E-state index in [1.165, 1.54) is 11.1 Å². The molecular formula is C22H23ClN2O2. The normalized spacial score (nSPS) is 10.7. The Morgan fingerprint density at radius 3 is 2.56 bits per heavy atom. The third-order valence-electron chi connectivity index (χ3n) is 4.34. The molecule has 5 heteroatoms. The van der Waals surface area contributed by atoms with Gasteiger partial charge in [-0.3, -0.25) is 4.79 Å². The van der Waals surface area contributed by atoms with Crippen molar-refractivity contribution >= 4 is 17.5 Å². The van der Waals surface area contributed by atoms with Crippen molar-refractivity contribution < 1.29 is 9.21 Å². The largest absolute Gasteiger partial charge is 0.444 e. The molecule has 0 saturated carbocycles. The first-order valence-electron chi connectivity index (χ1n) is 9.13. The average Bonchev–Trinajstić information content (AvgIpc) is 3.13. The van der Waals surface area contributed by atoms with E-state index in [1.54, 1.807) is 6.26 Å². The molecule has 140 valence electrons. The van der Waals surface area contributed by atoms with Gasteiger partial charge in [0.05, 0.1) is 5.69 Å². The number of nitrogens with one attached hydrogen (secondary N) is 1. The van der Waals surface area contributed by atoms with Gasteiger partial charge in [-0.05, 0) is 49.6 Å². The van der Waals surface area contributed by atoms with Crippen molar-refractivity contribution in [3.8, 4) is 11.5 Å². The first kappa shape index (κ1) is 19.2. The molecule has 1 heterocycles. The molecule has 2 aromatic carbocycles. The minimum Gasteiger partial charge on any atom is -0.444 e. The fourth-order valence-corrected chi connectivity index (χ4v) is 2.90. The van der Waals surface area contributed by atoms with E-state index in [2.05, 4.69) is 10.3 Å². The molecule has 4 nitrogen and oxygen atoms in total. The minimum absolute atomic E-state index is 0.0613. The second kappa shape index (κ2) is 9.38. The number of carbonyl (C=O) groups is 1. The first-order chi connectivity index (χ1) is 13.1. The summed E-state index contributed by atoms with van der Waals surface area (Å²) in [5.41, 5.74) is 4.19. The second-order valence-electron chi connectivity index (χ2n) is 6.59. The quantitative estimate of drug-likeness (QED) is 0.597. The van der Waals surface area contributed by atoms with Gasteiger partial charge < -0.3 is 9.73 Å². The van der Waals surface area contributed by atoms with E-state index in [1.807, 2.05) is 55.5 Å². The molecule has 0 radical (unpaired) electrons. The van der Waals surface area contributed by atoms with Crippen molar-refractivity contribution in [2.24, 2.45) is 0 Å². The van der Waals surface area contributed by atoms with Crippen LogP contribution in [0.1, 0.15) is 29.7 Å². The van der Waals surface area contributed by atoms with Gasteiger partial charge in [-0.2, -0.15) is 0 Å². The van der Waals surface area contributed by atoms with Gasteiger partial charge in [0.1, 0.15) is 6.26 Å². The van der Waals surface area contributed by atoms with Crippen LogP contribution >= 0.6 is 11.6 Å². The van der Waals surface area contributed by atoms with Crippen LogP contribution in [-0.2, 0) is 17.6 Å². The van der Waals surface area contributed by atoms with Crippen LogP contribution < -0.4 is 5.32 Å². The Kier molecular flexibility index (Phi) is 6.66. The van der Waals surface area contributed by atoms with Crippen LogP contribution in [0.2, 0.25) is 5.02 Å². The molecule has 1 aromatic heterocycles. The average molecular weight is 383 g/mol. The highest BCUT2D eigenvalue weighted by molar-refractivity contribution is 6.30. The lowest BCUT2D eigenvalue weighted by Crippen LogP contribution is -2.25. The van der Waals surface area contributed by atoms with Gasteiger partial charge in [-0.1, -0.05) is 41.4 Å². The number of aryl methyl sites for hydroxylation is 2. The maximum Gasteiger partial charge on any atom is 0.226 e. The molecule has 3 aromatic rings. The van der Waals surface area contributed by atoms with Crippen molar-refractivity contribution in [3.05, 3.63) is 76.6 Å². The van der Waals surface area contributed by atoms with Crippen molar-refractivity contribution in [3.63, 3.8) is 0 Å². The Morgan fingerprint density at radius 1 is 1.07 bits per heavy atom. The zero-order valence-corrected chi connectivity index (χ0v) is 16.1. The highest BCUT2D eigenvalue weighted by Crippen LogP contribution is 2.19. The van der Waals surface area contributed by atoms with Crippen LogP contribution in [0.4, 0.5) is 0 Å². The summed E-state index contributed by atoms with van der Waals surface area (Å²) in [7, 11) is 0. The van der Waals surface area contributed by atoms with Crippen LogP contribution in [0.15, 0.2) is 59.2 Å². The third kappa shape index (κ3) is 5.97. The lowest BCUT2D eigenvalue weighted by atomic mass is 10.1. The number of halogens is 1. The second-order valence-corrected chi connectivity index (χ2v) is 7.03. The molecule has 1 N–H and O–H groups in total. The molecule has 0 unspecified atom stereocenters. The predicted molar refractivity (Wildman–Crippen MR) is 108 cm³/mol. The third-order valence-corrected chi connectivity index (χ3v) is 4.59. The summed E-state index contributed by atoms with van der Waals surface area (Å²) in [4.78, 5) is 16.4. The minimum atomic E-state index is 0.0613. The highest BCUT2D eigenvalue weighted by atomic mass is 35.5. The van der Waals surface area contributed by atoms with E-state index >= 15 is 0 Å². The summed E-state index contributed by atoms with van der Waals surface area (Å²) in [6.07, 6.45) is 4.50. The molecule has 1 amide bonds. The van der Waals surface area contributed by atoms with Crippen molar-refractivity contribution in [2.75, 3.05) is 6.54 Å². The van der Waals surface area contributed by atoms with Crippen molar-refractivity contribution in [1.29, 1.82) is 0 Å². The van der Waals surface area contributed by atoms with Gasteiger partial charge in [-0.15, -0.1) is 0 Å². The topological polar surface area (TPSA) is 55.1 Å². The van der Waals surface area contributed by atoms with E-state index in [0.29, 0.717) is 25.3 Å². The van der Waals surface area contributed by atoms with Crippen molar-refractivity contribution in [2.45, 2.75) is 32.6 Å². The molecule has 0 aliphatic heterocycles. The van der Waals surface area contributed by atoms with E-state index in [4.69, 9.17) is 16.0 Å². The molecule has 0 saturated heterocycles. The van der Waals surface area contributed by atoms with Gasteiger partial charge in [0, 0.05) is 30.0 Å². The SMILES string of the molecule is Cc1ccc(-c2nc(CCNC(=O)CCCc3ccc(Cl)cc3)co2)cc1. The number of hydrogen-bond donors (Lipinski definition) is 1. The summed E-state index contributed by atoms with van der Waals surface area (Å²) in [6, 6.07) is 15.8. The maximum atomic E-state index is 12.0. The van der Waals surface area contributed by atoms with Crippen LogP contribution in [0.25, 0.3) is 11.5 Å². The zero-order valence-electron chi connectivity index (χ0n) is 15.4. The molecule has 3 rings (SSSR count). The number of rotatable bonds is 8. The number of nitrogens with zero attached hydrogens (tertiary/aromatic N) is 1. The first-order valence-corrected chi connectivity index (χ1v) is 9.50. The number of benzene rings is 2. The summed E-state index contributed by atoms with van der Waals surface area (Å²) in [5, 5.41) is 3.67. The lowest BCUT2D eigenvalue weighted by Gasteiger charge is -2.04. The predicted octanol–water partition coefficient (Wildman–Crippen LogP) is 4.99. The molecular weight excluding hydrogens is 360 g/mol. The molecule has 27 heavy (non-hydrogen) atoms. The van der Waals surface area contributed by atoms with Gasteiger partial charge in [0.15, 0.2) is 0 Å². The van der Waals surface area contributed by atoms with E-state index in [0.717, 1.165) is 29.1 Å². The van der Waals surface area contributed by atoms with Crippen LogP contribution in [0.3, 0.4) is 0 Å². The van der Waals surface area contributed by atoms with E-state index in [9.17, 15) is 4.79 Å². The maximum absolute atomic E-state index is 12.0. The highest BCUT2D eigenvalue weighted by Gasteiger charge is 2.07. The Hall–Kier alpha value is -2.59. The van der Waals surface area contributed by atoms with Crippen LogP contribution in [0.5, 0.6) is 0 Å². The number of aromatic nitrogens is 1. The Bertz CT molecular complexity index is 870. The molecule has 0 spiro atoms. The number of hydrogen-bond acceptors (Lipinski definition) is 3. The van der Waals surface area contributed by atoms with Gasteiger partial charge in [0.2, 0.25) is 11.8 Å². The molecule has 0 aliphatic carbocycles. The number of carbonyl (C=O) groups excluding carboxylic acids is 1. The zero-order chi connectivity index (χ0) is 19.1. The Morgan fingerprint density at radius 2 is 1.81 bits per heavy atom. The summed E-state index contributed by atoms with van der Waals surface area (Å²) >= 11 is 5.87. The summed E-state index contributed by atoms with van der Waals surface area (Å²) in [5.74, 6) is 0.672. The Balaban J connectivity index is 1.37. The standard InChI is InChI=1S/C22H23ClN2O2/c1-16-5-9-18(10-6-16)22-25-20(15-27-22)13-14-24-21(26)4-2-3-17-7-11-19(23)12-8-17/h5-12,15H,2-4,13-14H2,1H3,(H,24,26). The fourth-order valence-electron chi connectivity index (χ4n) is 2.77. The van der Waals surface area contributed by atoms with Crippen LogP contribution in [0, 0.1) is 6.92 Å². The summed E-state index contributed by atoms with van der Waals surface area (Å²) < 4.78 is 5.54. The Labute approximate surface area is 164 Å². The molecule has 0 fully saturated rings. The smallest absolute Gasteiger partial charge is 0.226 e. The van der Waals surface area contributed by atoms with Crippen molar-refractivity contribution in [1.82, 2.24) is 10.3 Å². The lowest BCUT2D eigenvalue weighted by molar-refractivity contribution is -0.121. The monoisotopic (exact) mass is 382 g/mol. The van der Waals surface area contributed by atoms with Gasteiger partial charge in [0.25, 0.3) is 0 Å². The van der Waals surface area contributed by atoms with Gasteiger partial charge >= 0.3 is 0 Å². The molecule has 0 atom stereocenters. The number of oxazole rings is 1. The fraction of sp³-hybridized carbons (Fsp3) is 0.273. The molecule has 0 bridgehead atoms. The molecule has 0 aliphatic rings. The van der Waals surface area contributed by atoms with E-state index in [-0.39, 0.29) is 5.91 Å². The van der Waals surface area contributed by atoms with Gasteiger partial charge in [-0.25, -0.2) is 4.98 Å².